The van der Waals surface area contributed by atoms with E-state index in [1.54, 1.807) is 12.1 Å². The summed E-state index contributed by atoms with van der Waals surface area (Å²) >= 11 is 0. The second-order valence-corrected chi connectivity index (χ2v) is 6.55. The Hall–Kier alpha value is -3.56. The zero-order chi connectivity index (χ0) is 21.8. The number of benzene rings is 2. The Labute approximate surface area is 172 Å². The number of anilines is 1. The Balaban J connectivity index is 1.88. The van der Waals surface area contributed by atoms with Gasteiger partial charge in [0.05, 0.1) is 26.3 Å². The predicted octanol–water partition coefficient (Wildman–Crippen LogP) is 2.72. The molecular weight excluding hydrogens is 397 g/mol. The molecule has 1 saturated heterocycles. The Kier molecular flexibility index (Phi) is 6.24. The largest absolute Gasteiger partial charge is 0.493 e. The van der Waals surface area contributed by atoms with Gasteiger partial charge in [0.25, 0.3) is 5.91 Å². The number of hydrogen-bond acceptors (Lipinski definition) is 7. The number of methoxy groups -OCH3 is 3. The smallest absolute Gasteiger partial charge is 0.327 e. The van der Waals surface area contributed by atoms with Crippen LogP contribution in [0.5, 0.6) is 17.2 Å². The Morgan fingerprint density at radius 2 is 1.60 bits per heavy atom. The van der Waals surface area contributed by atoms with E-state index in [9.17, 15) is 19.3 Å². The second-order valence-electron chi connectivity index (χ2n) is 6.55. The molecule has 1 amide bonds. The van der Waals surface area contributed by atoms with Gasteiger partial charge in [-0.25, -0.2) is 4.39 Å². The van der Waals surface area contributed by atoms with E-state index in [0.717, 1.165) is 5.69 Å². The van der Waals surface area contributed by atoms with E-state index in [-0.39, 0.29) is 28.6 Å². The molecule has 0 N–H and O–H groups in total. The van der Waals surface area contributed by atoms with Crippen molar-refractivity contribution in [2.45, 2.75) is 0 Å². The third kappa shape index (κ3) is 3.93. The van der Waals surface area contributed by atoms with Crippen molar-refractivity contribution in [3.63, 3.8) is 0 Å². The molecule has 3 rings (SSSR count). The molecule has 0 spiro atoms. The summed E-state index contributed by atoms with van der Waals surface area (Å²) in [5.74, 6) is -0.783. The molecule has 10 heteroatoms. The molecule has 1 heterocycles. The fraction of sp³-hybridized carbons (Fsp3) is 0.350. The molecule has 9 nitrogen and oxygen atoms in total. The first-order valence-corrected chi connectivity index (χ1v) is 9.18. The highest BCUT2D eigenvalue weighted by Crippen LogP contribution is 2.46. The minimum Gasteiger partial charge on any atom is -0.493 e. The van der Waals surface area contributed by atoms with Crippen LogP contribution in [0.2, 0.25) is 0 Å². The summed E-state index contributed by atoms with van der Waals surface area (Å²) in [6.45, 7) is 1.72. The number of halogens is 1. The topological polar surface area (TPSA) is 94.4 Å². The van der Waals surface area contributed by atoms with Gasteiger partial charge in [-0.3, -0.25) is 14.9 Å². The SMILES string of the molecule is COc1cc(C(=O)N2CCN(c3ccc(F)cc3)CC2)c([N+](=O)[O-])c(OC)c1OC. The maximum Gasteiger partial charge on any atom is 0.327 e. The highest BCUT2D eigenvalue weighted by Gasteiger charge is 2.35. The summed E-state index contributed by atoms with van der Waals surface area (Å²) in [6, 6.07) is 7.42. The number of piperazine rings is 1. The monoisotopic (exact) mass is 419 g/mol. The van der Waals surface area contributed by atoms with E-state index in [1.165, 1.54) is 44.4 Å². The average Bonchev–Trinajstić information content (AvgIpc) is 2.77. The van der Waals surface area contributed by atoms with Crippen molar-refractivity contribution < 1.29 is 28.3 Å². The maximum absolute atomic E-state index is 13.2. The lowest BCUT2D eigenvalue weighted by molar-refractivity contribution is -0.386. The minimum atomic E-state index is -0.664. The predicted molar refractivity (Wildman–Crippen MR) is 107 cm³/mol. The number of rotatable bonds is 6. The molecule has 0 aliphatic carbocycles. The van der Waals surface area contributed by atoms with Gasteiger partial charge < -0.3 is 24.0 Å². The highest BCUT2D eigenvalue weighted by molar-refractivity contribution is 6.00. The number of nitrogens with zero attached hydrogens (tertiary/aromatic N) is 3. The molecular formula is C20H22FN3O6. The molecule has 1 aliphatic heterocycles. The summed E-state index contributed by atoms with van der Waals surface area (Å²) in [7, 11) is 3.97. The molecule has 0 aromatic heterocycles. The van der Waals surface area contributed by atoms with Gasteiger partial charge in [-0.2, -0.15) is 0 Å². The number of amides is 1. The van der Waals surface area contributed by atoms with Crippen molar-refractivity contribution in [2.24, 2.45) is 0 Å². The van der Waals surface area contributed by atoms with Crippen LogP contribution in [0.25, 0.3) is 0 Å². The van der Waals surface area contributed by atoms with Crippen LogP contribution >= 0.6 is 0 Å². The third-order valence-corrected chi connectivity index (χ3v) is 4.98. The highest BCUT2D eigenvalue weighted by atomic mass is 19.1. The molecule has 2 aromatic carbocycles. The first-order chi connectivity index (χ1) is 14.4. The molecule has 0 bridgehead atoms. The standard InChI is InChI=1S/C20H22FN3O6/c1-28-16-12-15(17(24(26)27)19(30-3)18(16)29-2)20(25)23-10-8-22(9-11-23)14-6-4-13(21)5-7-14/h4-7,12H,8-11H2,1-3H3. The molecule has 0 saturated carbocycles. The first kappa shape index (κ1) is 21.2. The van der Waals surface area contributed by atoms with Gasteiger partial charge in [-0.05, 0) is 24.3 Å². The summed E-state index contributed by atoms with van der Waals surface area (Å²) in [6.07, 6.45) is 0. The van der Waals surface area contributed by atoms with Crippen molar-refractivity contribution >= 4 is 17.3 Å². The van der Waals surface area contributed by atoms with Crippen molar-refractivity contribution in [3.05, 3.63) is 51.8 Å². The van der Waals surface area contributed by atoms with E-state index < -0.39 is 16.5 Å². The molecule has 30 heavy (non-hydrogen) atoms. The number of carbonyl (C=O) groups is 1. The zero-order valence-electron chi connectivity index (χ0n) is 16.9. The number of hydrogen-bond donors (Lipinski definition) is 0. The van der Waals surface area contributed by atoms with Gasteiger partial charge in [0.2, 0.25) is 11.5 Å². The van der Waals surface area contributed by atoms with E-state index in [2.05, 4.69) is 0 Å². The third-order valence-electron chi connectivity index (χ3n) is 4.98. The lowest BCUT2D eigenvalue weighted by Gasteiger charge is -2.36. The summed E-state index contributed by atoms with van der Waals surface area (Å²) in [4.78, 5) is 27.8. The molecule has 160 valence electrons. The summed E-state index contributed by atoms with van der Waals surface area (Å²) < 4.78 is 28.7. The van der Waals surface area contributed by atoms with Gasteiger partial charge in [0, 0.05) is 37.9 Å². The van der Waals surface area contributed by atoms with Gasteiger partial charge in [-0.15, -0.1) is 0 Å². The molecule has 0 atom stereocenters. The molecule has 2 aromatic rings. The summed E-state index contributed by atoms with van der Waals surface area (Å²) in [5.41, 5.74) is 0.244. The van der Waals surface area contributed by atoms with Crippen LogP contribution in [-0.4, -0.2) is 63.2 Å². The summed E-state index contributed by atoms with van der Waals surface area (Å²) in [5, 5.41) is 11.7. The average molecular weight is 419 g/mol. The van der Waals surface area contributed by atoms with E-state index >= 15 is 0 Å². The second kappa shape index (κ2) is 8.85. The fourth-order valence-electron chi connectivity index (χ4n) is 3.48. The quantitative estimate of drug-likeness (QED) is 0.525. The van der Waals surface area contributed by atoms with Crippen molar-refractivity contribution in [1.82, 2.24) is 4.90 Å². The lowest BCUT2D eigenvalue weighted by Crippen LogP contribution is -2.48. The van der Waals surface area contributed by atoms with E-state index in [0.29, 0.717) is 26.2 Å². The zero-order valence-corrected chi connectivity index (χ0v) is 16.9. The van der Waals surface area contributed by atoms with Crippen LogP contribution in [0.3, 0.4) is 0 Å². The van der Waals surface area contributed by atoms with Crippen LogP contribution in [0.1, 0.15) is 10.4 Å². The van der Waals surface area contributed by atoms with Crippen LogP contribution in [0, 0.1) is 15.9 Å². The molecule has 1 fully saturated rings. The maximum atomic E-state index is 13.2. The minimum absolute atomic E-state index is 0.0457. The number of ether oxygens (including phenoxy) is 3. The molecule has 0 radical (unpaired) electrons. The molecule has 1 aliphatic rings. The number of carbonyl (C=O) groups excluding carboxylic acids is 1. The Morgan fingerprint density at radius 3 is 2.10 bits per heavy atom. The van der Waals surface area contributed by atoms with Gasteiger partial charge in [0.15, 0.2) is 5.75 Å². The van der Waals surface area contributed by atoms with Gasteiger partial charge in [0.1, 0.15) is 11.4 Å². The van der Waals surface area contributed by atoms with Crippen molar-refractivity contribution in [3.8, 4) is 17.2 Å². The van der Waals surface area contributed by atoms with Crippen LogP contribution in [-0.2, 0) is 0 Å². The van der Waals surface area contributed by atoms with Crippen molar-refractivity contribution in [1.29, 1.82) is 0 Å². The van der Waals surface area contributed by atoms with Crippen LogP contribution in [0.4, 0.5) is 15.8 Å². The lowest BCUT2D eigenvalue weighted by atomic mass is 10.1. The number of nitro benzene ring substituents is 1. The van der Waals surface area contributed by atoms with Crippen LogP contribution < -0.4 is 19.1 Å². The normalized spacial score (nSPS) is 13.7. The Bertz CT molecular complexity index is 943. The fourth-order valence-corrected chi connectivity index (χ4v) is 3.48. The molecule has 0 unspecified atom stereocenters. The first-order valence-electron chi connectivity index (χ1n) is 9.18. The van der Waals surface area contributed by atoms with Gasteiger partial charge in [-0.1, -0.05) is 0 Å². The number of nitro groups is 1. The van der Waals surface area contributed by atoms with Crippen LogP contribution in [0.15, 0.2) is 30.3 Å². The van der Waals surface area contributed by atoms with E-state index in [1.807, 2.05) is 4.90 Å². The van der Waals surface area contributed by atoms with Gasteiger partial charge >= 0.3 is 5.69 Å². The van der Waals surface area contributed by atoms with Crippen molar-refractivity contribution in [2.75, 3.05) is 52.4 Å². The Morgan fingerprint density at radius 1 is 1.00 bits per heavy atom. The van der Waals surface area contributed by atoms with E-state index in [4.69, 9.17) is 14.2 Å².